The first-order valence-electron chi connectivity index (χ1n) is 5.02. The number of benzene rings is 1. The van der Waals surface area contributed by atoms with Crippen molar-refractivity contribution in [2.75, 3.05) is 0 Å². The van der Waals surface area contributed by atoms with Gasteiger partial charge in [-0.1, -0.05) is 36.2 Å². The number of hydrogen-bond acceptors (Lipinski definition) is 3. The van der Waals surface area contributed by atoms with Crippen molar-refractivity contribution in [1.29, 1.82) is 5.26 Å². The first kappa shape index (κ1) is 13.8. The minimum Gasteiger partial charge on any atom is -0.461 e. The highest BCUT2D eigenvalue weighted by atomic mass is 35.5. The van der Waals surface area contributed by atoms with Crippen LogP contribution >= 0.6 is 23.2 Å². The van der Waals surface area contributed by atoms with E-state index >= 15 is 0 Å². The van der Waals surface area contributed by atoms with Gasteiger partial charge in [-0.05, 0) is 17.7 Å². The number of halogens is 2. The summed E-state index contributed by atoms with van der Waals surface area (Å²) < 4.78 is 5.05. The molecule has 0 fully saturated rings. The normalized spacial score (nSPS) is 11.6. The summed E-state index contributed by atoms with van der Waals surface area (Å²) in [7, 11) is 0. The second-order valence-electron chi connectivity index (χ2n) is 3.62. The van der Waals surface area contributed by atoms with Gasteiger partial charge >= 0.3 is 5.97 Å². The molecule has 17 heavy (non-hydrogen) atoms. The third kappa shape index (κ3) is 4.26. The highest BCUT2D eigenvalue weighted by Crippen LogP contribution is 2.23. The van der Waals surface area contributed by atoms with Crippen molar-refractivity contribution in [3.05, 3.63) is 33.8 Å². The van der Waals surface area contributed by atoms with Crippen LogP contribution < -0.4 is 0 Å². The summed E-state index contributed by atoms with van der Waals surface area (Å²) in [6.07, 6.45) is 0.153. The predicted octanol–water partition coefficient (Wildman–Crippen LogP) is 3.59. The quantitative estimate of drug-likeness (QED) is 0.787. The summed E-state index contributed by atoms with van der Waals surface area (Å²) in [5.74, 6) is -0.805. The topological polar surface area (TPSA) is 50.1 Å². The summed E-state index contributed by atoms with van der Waals surface area (Å²) in [5, 5.41) is 9.33. The van der Waals surface area contributed by atoms with Crippen LogP contribution in [-0.2, 0) is 16.1 Å². The molecule has 1 unspecified atom stereocenters. The van der Waals surface area contributed by atoms with Crippen molar-refractivity contribution < 1.29 is 9.53 Å². The lowest BCUT2D eigenvalue weighted by atomic mass is 10.1. The number of ether oxygens (including phenoxy) is 1. The molecule has 5 heteroatoms. The smallest absolute Gasteiger partial charge is 0.310 e. The van der Waals surface area contributed by atoms with E-state index in [1.807, 2.05) is 6.07 Å². The molecule has 0 saturated carbocycles. The molecule has 1 rings (SSSR count). The standard InChI is InChI=1S/C12H11Cl2NO2/c1-8(4-5-15)12(16)17-7-9-2-3-10(13)11(14)6-9/h2-3,6,8H,4,7H2,1H3. The number of rotatable bonds is 4. The molecule has 0 aliphatic rings. The Kier molecular flexibility index (Phi) is 5.27. The van der Waals surface area contributed by atoms with Crippen LogP contribution in [0.2, 0.25) is 10.0 Å². The summed E-state index contributed by atoms with van der Waals surface area (Å²) >= 11 is 11.6. The largest absolute Gasteiger partial charge is 0.461 e. The molecule has 0 saturated heterocycles. The zero-order chi connectivity index (χ0) is 12.8. The minimum absolute atomic E-state index is 0.130. The summed E-state index contributed by atoms with van der Waals surface area (Å²) in [6, 6.07) is 6.95. The molecule has 3 nitrogen and oxygen atoms in total. The number of carbonyl (C=O) groups is 1. The van der Waals surface area contributed by atoms with E-state index in [-0.39, 0.29) is 13.0 Å². The molecule has 0 spiro atoms. The van der Waals surface area contributed by atoms with E-state index in [0.717, 1.165) is 5.56 Å². The Bertz CT molecular complexity index is 454. The number of hydrogen-bond donors (Lipinski definition) is 0. The van der Waals surface area contributed by atoms with Gasteiger partial charge in [0.1, 0.15) is 6.61 Å². The first-order chi connectivity index (χ1) is 8.04. The second kappa shape index (κ2) is 6.48. The van der Waals surface area contributed by atoms with Crippen molar-refractivity contribution in [2.24, 2.45) is 5.92 Å². The Morgan fingerprint density at radius 2 is 2.18 bits per heavy atom. The Morgan fingerprint density at radius 3 is 2.76 bits per heavy atom. The van der Waals surface area contributed by atoms with Gasteiger partial charge in [-0.2, -0.15) is 5.26 Å². The second-order valence-corrected chi connectivity index (χ2v) is 4.43. The van der Waals surface area contributed by atoms with Crippen molar-refractivity contribution in [3.63, 3.8) is 0 Å². The van der Waals surface area contributed by atoms with E-state index in [9.17, 15) is 4.79 Å². The summed E-state index contributed by atoms with van der Waals surface area (Å²) in [4.78, 5) is 11.4. The van der Waals surface area contributed by atoms with Gasteiger partial charge in [0.25, 0.3) is 0 Å². The van der Waals surface area contributed by atoms with Crippen LogP contribution in [0.4, 0.5) is 0 Å². The van der Waals surface area contributed by atoms with Crippen LogP contribution in [0.3, 0.4) is 0 Å². The maximum atomic E-state index is 11.4. The molecule has 1 aromatic carbocycles. The average Bonchev–Trinajstić information content (AvgIpc) is 2.30. The van der Waals surface area contributed by atoms with Crippen LogP contribution in [-0.4, -0.2) is 5.97 Å². The van der Waals surface area contributed by atoms with Crippen LogP contribution in [0, 0.1) is 17.2 Å². The van der Waals surface area contributed by atoms with Gasteiger partial charge in [0.05, 0.1) is 22.0 Å². The molecular formula is C12H11Cl2NO2. The highest BCUT2D eigenvalue weighted by Gasteiger charge is 2.14. The van der Waals surface area contributed by atoms with Crippen LogP contribution in [0.25, 0.3) is 0 Å². The predicted molar refractivity (Wildman–Crippen MR) is 65.7 cm³/mol. The summed E-state index contributed by atoms with van der Waals surface area (Å²) in [5.41, 5.74) is 0.761. The SMILES string of the molecule is CC(CC#N)C(=O)OCc1ccc(Cl)c(Cl)c1. The Labute approximate surface area is 110 Å². The molecule has 0 aliphatic heterocycles. The van der Waals surface area contributed by atoms with Gasteiger partial charge in [0.2, 0.25) is 0 Å². The average molecular weight is 272 g/mol. The molecule has 0 amide bonds. The van der Waals surface area contributed by atoms with Gasteiger partial charge in [-0.25, -0.2) is 0 Å². The lowest BCUT2D eigenvalue weighted by Gasteiger charge is -2.08. The molecular weight excluding hydrogens is 261 g/mol. The lowest BCUT2D eigenvalue weighted by molar-refractivity contribution is -0.149. The Morgan fingerprint density at radius 1 is 1.47 bits per heavy atom. The third-order valence-electron chi connectivity index (χ3n) is 2.16. The zero-order valence-corrected chi connectivity index (χ0v) is 10.8. The number of esters is 1. The zero-order valence-electron chi connectivity index (χ0n) is 9.24. The summed E-state index contributed by atoms with van der Waals surface area (Å²) in [6.45, 7) is 1.78. The van der Waals surface area contributed by atoms with Crippen molar-refractivity contribution in [3.8, 4) is 6.07 Å². The monoisotopic (exact) mass is 271 g/mol. The molecule has 0 aliphatic carbocycles. The molecule has 0 N–H and O–H groups in total. The Hall–Kier alpha value is -1.24. The fourth-order valence-electron chi connectivity index (χ4n) is 1.15. The maximum Gasteiger partial charge on any atom is 0.310 e. The third-order valence-corrected chi connectivity index (χ3v) is 2.90. The van der Waals surface area contributed by atoms with Gasteiger partial charge in [-0.15, -0.1) is 0 Å². The fraction of sp³-hybridized carbons (Fsp3) is 0.333. The van der Waals surface area contributed by atoms with E-state index in [2.05, 4.69) is 0 Å². The van der Waals surface area contributed by atoms with Crippen molar-refractivity contribution in [2.45, 2.75) is 20.0 Å². The molecule has 1 atom stereocenters. The van der Waals surface area contributed by atoms with Crippen LogP contribution in [0.15, 0.2) is 18.2 Å². The van der Waals surface area contributed by atoms with E-state index in [0.29, 0.717) is 10.0 Å². The van der Waals surface area contributed by atoms with E-state index in [1.54, 1.807) is 25.1 Å². The number of carbonyl (C=O) groups excluding carboxylic acids is 1. The van der Waals surface area contributed by atoms with E-state index in [4.69, 9.17) is 33.2 Å². The first-order valence-corrected chi connectivity index (χ1v) is 5.77. The van der Waals surface area contributed by atoms with Crippen molar-refractivity contribution >= 4 is 29.2 Å². The van der Waals surface area contributed by atoms with Gasteiger partial charge in [-0.3, -0.25) is 4.79 Å². The van der Waals surface area contributed by atoms with Gasteiger partial charge < -0.3 is 4.74 Å². The van der Waals surface area contributed by atoms with Crippen LogP contribution in [0.5, 0.6) is 0 Å². The Balaban J connectivity index is 2.53. The highest BCUT2D eigenvalue weighted by molar-refractivity contribution is 6.42. The van der Waals surface area contributed by atoms with Gasteiger partial charge in [0, 0.05) is 6.42 Å². The molecule has 90 valence electrons. The molecule has 0 aromatic heterocycles. The van der Waals surface area contributed by atoms with E-state index < -0.39 is 11.9 Å². The molecule has 0 heterocycles. The maximum absolute atomic E-state index is 11.4. The fourth-order valence-corrected chi connectivity index (χ4v) is 1.47. The van der Waals surface area contributed by atoms with Crippen LogP contribution in [0.1, 0.15) is 18.9 Å². The number of nitriles is 1. The minimum atomic E-state index is -0.414. The number of nitrogens with zero attached hydrogens (tertiary/aromatic N) is 1. The lowest BCUT2D eigenvalue weighted by Crippen LogP contribution is -2.14. The molecule has 0 bridgehead atoms. The molecule has 1 aromatic rings. The van der Waals surface area contributed by atoms with Gasteiger partial charge in [0.15, 0.2) is 0 Å². The van der Waals surface area contributed by atoms with Crippen molar-refractivity contribution in [1.82, 2.24) is 0 Å². The van der Waals surface area contributed by atoms with E-state index in [1.165, 1.54) is 0 Å². The molecule has 0 radical (unpaired) electrons.